The molecule has 0 aromatic carbocycles. The minimum absolute atomic E-state index is 0.0322. The van der Waals surface area contributed by atoms with E-state index >= 15 is 0 Å². The zero-order valence-electron chi connectivity index (χ0n) is 9.63. The van der Waals surface area contributed by atoms with Gasteiger partial charge in [-0.15, -0.1) is 0 Å². The summed E-state index contributed by atoms with van der Waals surface area (Å²) in [5.41, 5.74) is 5.57. The number of hydrogen-bond acceptors (Lipinski definition) is 5. The first kappa shape index (κ1) is 13.2. The molecule has 0 aromatic rings. The van der Waals surface area contributed by atoms with E-state index in [1.54, 1.807) is 0 Å². The van der Waals surface area contributed by atoms with Crippen LogP contribution in [0.25, 0.3) is 0 Å². The zero-order chi connectivity index (χ0) is 12.3. The zero-order valence-corrected chi connectivity index (χ0v) is 10.4. The Kier molecular flexibility index (Phi) is 4.15. The Morgan fingerprint density at radius 3 is 2.69 bits per heavy atom. The maximum Gasteiger partial charge on any atom is 0.156 e. The Bertz CT molecular complexity index is 366. The molecule has 0 bridgehead atoms. The fourth-order valence-electron chi connectivity index (χ4n) is 2.12. The number of nitrogens with two attached hydrogens (primary N) is 1. The summed E-state index contributed by atoms with van der Waals surface area (Å²) in [5, 5.41) is 11.6. The van der Waals surface area contributed by atoms with Crippen LogP contribution < -0.4 is 5.73 Å². The molecule has 1 aliphatic heterocycles. The summed E-state index contributed by atoms with van der Waals surface area (Å²) in [7, 11) is -1.08. The Morgan fingerprint density at radius 2 is 2.31 bits per heavy atom. The van der Waals surface area contributed by atoms with Gasteiger partial charge in [0.15, 0.2) is 15.7 Å². The third-order valence-corrected chi connectivity index (χ3v) is 4.87. The number of amidine groups is 1. The molecule has 0 saturated carbocycles. The van der Waals surface area contributed by atoms with Crippen molar-refractivity contribution >= 4 is 15.7 Å². The molecule has 1 aliphatic rings. The molecule has 1 rings (SSSR count). The largest absolute Gasteiger partial charge is 0.409 e. The molecule has 0 aromatic heterocycles. The average molecular weight is 249 g/mol. The molecule has 7 heteroatoms. The van der Waals surface area contributed by atoms with Crippen LogP contribution in [-0.4, -0.2) is 55.0 Å². The van der Waals surface area contributed by atoms with Crippen LogP contribution in [0, 0.1) is 0 Å². The van der Waals surface area contributed by atoms with Gasteiger partial charge in [0.25, 0.3) is 0 Å². The van der Waals surface area contributed by atoms with Crippen molar-refractivity contribution in [3.05, 3.63) is 0 Å². The summed E-state index contributed by atoms with van der Waals surface area (Å²) >= 11 is 0. The highest BCUT2D eigenvalue weighted by molar-refractivity contribution is 7.91. The van der Waals surface area contributed by atoms with Gasteiger partial charge in [-0.1, -0.05) is 12.1 Å². The number of nitrogens with zero attached hydrogens (tertiary/aromatic N) is 2. The molecule has 94 valence electrons. The first-order valence-corrected chi connectivity index (χ1v) is 7.13. The van der Waals surface area contributed by atoms with Gasteiger partial charge in [-0.2, -0.15) is 0 Å². The van der Waals surface area contributed by atoms with Gasteiger partial charge < -0.3 is 10.9 Å². The van der Waals surface area contributed by atoms with Gasteiger partial charge in [0, 0.05) is 6.04 Å². The standard InChI is InChI=1S/C9H19N3O3S/c1-3-8(9(10)11-13)12(2)7-4-5-16(14,15)6-7/h7-8,13H,3-6H2,1-2H3,(H2,10,11). The number of rotatable bonds is 4. The fourth-order valence-corrected chi connectivity index (χ4v) is 3.91. The second-order valence-electron chi connectivity index (χ2n) is 4.17. The summed E-state index contributed by atoms with van der Waals surface area (Å²) in [6.07, 6.45) is 1.30. The molecular weight excluding hydrogens is 230 g/mol. The van der Waals surface area contributed by atoms with E-state index in [1.807, 2.05) is 18.9 Å². The van der Waals surface area contributed by atoms with Gasteiger partial charge in [0.1, 0.15) is 0 Å². The van der Waals surface area contributed by atoms with Crippen LogP contribution in [-0.2, 0) is 9.84 Å². The minimum Gasteiger partial charge on any atom is -0.409 e. The minimum atomic E-state index is -2.90. The third-order valence-electron chi connectivity index (χ3n) is 3.12. The van der Waals surface area contributed by atoms with E-state index in [0.717, 1.165) is 0 Å². The van der Waals surface area contributed by atoms with Crippen molar-refractivity contribution in [3.8, 4) is 0 Å². The Hall–Kier alpha value is -0.820. The quantitative estimate of drug-likeness (QED) is 0.307. The lowest BCUT2D eigenvalue weighted by Crippen LogP contribution is -2.47. The van der Waals surface area contributed by atoms with Gasteiger partial charge in [-0.3, -0.25) is 4.90 Å². The number of oxime groups is 1. The lowest BCUT2D eigenvalue weighted by atomic mass is 10.1. The van der Waals surface area contributed by atoms with Gasteiger partial charge in [-0.25, -0.2) is 8.42 Å². The number of hydrogen-bond donors (Lipinski definition) is 2. The number of sulfone groups is 1. The van der Waals surface area contributed by atoms with Gasteiger partial charge in [0.05, 0.1) is 17.5 Å². The van der Waals surface area contributed by atoms with Crippen molar-refractivity contribution in [1.82, 2.24) is 4.90 Å². The van der Waals surface area contributed by atoms with Crippen molar-refractivity contribution in [2.45, 2.75) is 31.8 Å². The predicted octanol–water partition coefficient (Wildman–Crippen LogP) is -0.370. The summed E-state index contributed by atoms with van der Waals surface area (Å²) in [6.45, 7) is 1.92. The maximum absolute atomic E-state index is 11.4. The molecule has 2 unspecified atom stereocenters. The van der Waals surface area contributed by atoms with E-state index in [4.69, 9.17) is 10.9 Å². The summed E-state index contributed by atoms with van der Waals surface area (Å²) in [4.78, 5) is 1.89. The first-order chi connectivity index (χ1) is 7.41. The second kappa shape index (κ2) is 5.01. The highest BCUT2D eigenvalue weighted by atomic mass is 32.2. The van der Waals surface area contributed by atoms with E-state index in [0.29, 0.717) is 12.8 Å². The van der Waals surface area contributed by atoms with Crippen LogP contribution in [0.4, 0.5) is 0 Å². The smallest absolute Gasteiger partial charge is 0.156 e. The van der Waals surface area contributed by atoms with Crippen molar-refractivity contribution in [2.75, 3.05) is 18.6 Å². The summed E-state index contributed by atoms with van der Waals surface area (Å²) in [6, 6.07) is -0.237. The van der Waals surface area contributed by atoms with Crippen LogP contribution in [0.5, 0.6) is 0 Å². The van der Waals surface area contributed by atoms with E-state index in [2.05, 4.69) is 5.16 Å². The molecule has 2 atom stereocenters. The van der Waals surface area contributed by atoms with Crippen molar-refractivity contribution in [1.29, 1.82) is 0 Å². The molecular formula is C9H19N3O3S. The van der Waals surface area contributed by atoms with Crippen molar-refractivity contribution in [3.63, 3.8) is 0 Å². The molecule has 1 heterocycles. The van der Waals surface area contributed by atoms with E-state index in [9.17, 15) is 8.42 Å². The molecule has 1 fully saturated rings. The van der Waals surface area contributed by atoms with Gasteiger partial charge >= 0.3 is 0 Å². The highest BCUT2D eigenvalue weighted by Gasteiger charge is 2.34. The monoisotopic (exact) mass is 249 g/mol. The van der Waals surface area contributed by atoms with Crippen molar-refractivity contribution < 1.29 is 13.6 Å². The molecule has 3 N–H and O–H groups in total. The normalized spacial score (nSPS) is 27.2. The van der Waals surface area contributed by atoms with Gasteiger partial charge in [-0.05, 0) is 19.9 Å². The topological polar surface area (TPSA) is 96.0 Å². The van der Waals surface area contributed by atoms with Crippen LogP contribution in [0.3, 0.4) is 0 Å². The average Bonchev–Trinajstić information content (AvgIpc) is 2.59. The Balaban J connectivity index is 2.74. The highest BCUT2D eigenvalue weighted by Crippen LogP contribution is 2.19. The van der Waals surface area contributed by atoms with Crippen LogP contribution in [0.2, 0.25) is 0 Å². The molecule has 0 radical (unpaired) electrons. The van der Waals surface area contributed by atoms with Crippen LogP contribution in [0.1, 0.15) is 19.8 Å². The van der Waals surface area contributed by atoms with Crippen molar-refractivity contribution in [2.24, 2.45) is 10.9 Å². The first-order valence-electron chi connectivity index (χ1n) is 5.31. The Labute approximate surface area is 96.0 Å². The summed E-state index contributed by atoms with van der Waals surface area (Å²) in [5.74, 6) is 0.530. The summed E-state index contributed by atoms with van der Waals surface area (Å²) < 4.78 is 22.7. The van der Waals surface area contributed by atoms with E-state index in [-0.39, 0.29) is 29.4 Å². The van der Waals surface area contributed by atoms with Crippen LogP contribution >= 0.6 is 0 Å². The Morgan fingerprint density at radius 1 is 1.69 bits per heavy atom. The lowest BCUT2D eigenvalue weighted by Gasteiger charge is -2.30. The third kappa shape index (κ3) is 2.85. The predicted molar refractivity (Wildman–Crippen MR) is 62.3 cm³/mol. The molecule has 0 amide bonds. The van der Waals surface area contributed by atoms with Crippen LogP contribution in [0.15, 0.2) is 5.16 Å². The van der Waals surface area contributed by atoms with E-state index in [1.165, 1.54) is 0 Å². The lowest BCUT2D eigenvalue weighted by molar-refractivity contribution is 0.218. The SMILES string of the molecule is CCC(C(N)=NO)N(C)C1CCS(=O)(=O)C1. The molecule has 1 saturated heterocycles. The molecule has 16 heavy (non-hydrogen) atoms. The molecule has 6 nitrogen and oxygen atoms in total. The van der Waals surface area contributed by atoms with Gasteiger partial charge in [0.2, 0.25) is 0 Å². The number of likely N-dealkylation sites (N-methyl/N-ethyl adjacent to an activating group) is 1. The molecule has 0 spiro atoms. The fraction of sp³-hybridized carbons (Fsp3) is 0.889. The second-order valence-corrected chi connectivity index (χ2v) is 6.40. The van der Waals surface area contributed by atoms with E-state index < -0.39 is 9.84 Å². The maximum atomic E-state index is 11.4. The molecule has 0 aliphatic carbocycles.